The summed E-state index contributed by atoms with van der Waals surface area (Å²) in [4.78, 5) is 33.4. The second-order valence-corrected chi connectivity index (χ2v) is 5.07. The van der Waals surface area contributed by atoms with Crippen molar-refractivity contribution in [3.8, 4) is 0 Å². The minimum atomic E-state index is -1.10. The Morgan fingerprint density at radius 2 is 1.59 bits per heavy atom. The number of aliphatic carboxylic acids is 1. The number of amides is 2. The summed E-state index contributed by atoms with van der Waals surface area (Å²) >= 11 is 0. The van der Waals surface area contributed by atoms with E-state index in [1.54, 1.807) is 20.8 Å². The molecule has 0 spiro atoms. The van der Waals surface area contributed by atoms with Crippen LogP contribution in [0, 0.1) is 5.41 Å². The number of hydrogen-bond acceptors (Lipinski definition) is 3. The molecule has 0 fully saturated rings. The van der Waals surface area contributed by atoms with Crippen molar-refractivity contribution >= 4 is 17.8 Å². The first-order valence-corrected chi connectivity index (χ1v) is 5.36. The van der Waals surface area contributed by atoms with Gasteiger partial charge in [-0.3, -0.25) is 9.59 Å². The van der Waals surface area contributed by atoms with Crippen LogP contribution in [-0.2, 0) is 14.4 Å². The predicted molar refractivity (Wildman–Crippen MR) is 62.3 cm³/mol. The van der Waals surface area contributed by atoms with Crippen molar-refractivity contribution in [2.75, 3.05) is 0 Å². The van der Waals surface area contributed by atoms with Gasteiger partial charge in [0, 0.05) is 6.92 Å². The minimum absolute atomic E-state index is 0.338. The maximum atomic E-state index is 11.7. The van der Waals surface area contributed by atoms with Crippen LogP contribution >= 0.6 is 0 Å². The van der Waals surface area contributed by atoms with Crippen LogP contribution in [0.4, 0.5) is 0 Å². The average Bonchev–Trinajstić information content (AvgIpc) is 2.09. The zero-order valence-electron chi connectivity index (χ0n) is 10.8. The van der Waals surface area contributed by atoms with E-state index in [9.17, 15) is 14.4 Å². The summed E-state index contributed by atoms with van der Waals surface area (Å²) in [5.41, 5.74) is -0.600. The van der Waals surface area contributed by atoms with E-state index >= 15 is 0 Å². The Labute approximate surface area is 101 Å². The highest BCUT2D eigenvalue weighted by molar-refractivity contribution is 5.89. The summed E-state index contributed by atoms with van der Waals surface area (Å²) < 4.78 is 0. The Morgan fingerprint density at radius 3 is 1.88 bits per heavy atom. The Kier molecular flexibility index (Phi) is 5.12. The molecule has 0 heterocycles. The molecule has 0 bridgehead atoms. The number of carbonyl (C=O) groups is 3. The Balaban J connectivity index is 4.63. The molecule has 2 atom stereocenters. The fourth-order valence-corrected chi connectivity index (χ4v) is 1.29. The third-order valence-electron chi connectivity index (χ3n) is 2.21. The largest absolute Gasteiger partial charge is 0.480 e. The lowest BCUT2D eigenvalue weighted by Crippen LogP contribution is -2.54. The Morgan fingerprint density at radius 1 is 1.12 bits per heavy atom. The minimum Gasteiger partial charge on any atom is -0.480 e. The van der Waals surface area contributed by atoms with Gasteiger partial charge >= 0.3 is 5.97 Å². The fraction of sp³-hybridized carbons (Fsp3) is 0.727. The van der Waals surface area contributed by atoms with Crippen LogP contribution in [0.2, 0.25) is 0 Å². The smallest absolute Gasteiger partial charge is 0.326 e. The number of rotatable bonds is 4. The van der Waals surface area contributed by atoms with E-state index in [0.29, 0.717) is 0 Å². The van der Waals surface area contributed by atoms with Crippen LogP contribution in [-0.4, -0.2) is 35.0 Å². The molecule has 0 aliphatic heterocycles. The highest BCUT2D eigenvalue weighted by atomic mass is 16.4. The van der Waals surface area contributed by atoms with Crippen LogP contribution in [0.5, 0.6) is 0 Å². The number of carboxylic acids is 1. The molecule has 0 aromatic heterocycles. The molecule has 0 aromatic rings. The van der Waals surface area contributed by atoms with E-state index in [-0.39, 0.29) is 5.91 Å². The molecular weight excluding hydrogens is 224 g/mol. The van der Waals surface area contributed by atoms with Crippen molar-refractivity contribution in [2.45, 2.75) is 46.7 Å². The summed E-state index contributed by atoms with van der Waals surface area (Å²) in [6, 6.07) is -1.75. The number of carboxylic acid groups (broad SMARTS) is 1. The second kappa shape index (κ2) is 5.65. The van der Waals surface area contributed by atoms with Gasteiger partial charge in [-0.1, -0.05) is 20.8 Å². The highest BCUT2D eigenvalue weighted by Gasteiger charge is 2.33. The molecule has 2 amide bonds. The summed E-state index contributed by atoms with van der Waals surface area (Å²) in [5, 5.41) is 13.8. The van der Waals surface area contributed by atoms with E-state index in [1.165, 1.54) is 13.8 Å². The maximum Gasteiger partial charge on any atom is 0.326 e. The summed E-state index contributed by atoms with van der Waals surface area (Å²) in [6.07, 6.45) is 0. The van der Waals surface area contributed by atoms with Gasteiger partial charge in [-0.15, -0.1) is 0 Å². The molecule has 6 heteroatoms. The maximum absolute atomic E-state index is 11.7. The molecule has 0 radical (unpaired) electrons. The molecule has 17 heavy (non-hydrogen) atoms. The number of carbonyl (C=O) groups excluding carboxylic acids is 2. The lowest BCUT2D eigenvalue weighted by atomic mass is 9.86. The van der Waals surface area contributed by atoms with E-state index in [2.05, 4.69) is 10.6 Å². The molecule has 0 aromatic carbocycles. The summed E-state index contributed by atoms with van der Waals surface area (Å²) in [5.74, 6) is -1.95. The molecule has 0 aliphatic rings. The van der Waals surface area contributed by atoms with Crippen molar-refractivity contribution in [3.05, 3.63) is 0 Å². The molecule has 98 valence electrons. The quantitative estimate of drug-likeness (QED) is 0.655. The Bertz CT molecular complexity index is 320. The fourth-order valence-electron chi connectivity index (χ4n) is 1.29. The van der Waals surface area contributed by atoms with Gasteiger partial charge in [-0.25, -0.2) is 4.79 Å². The predicted octanol–water partition coefficient (Wildman–Crippen LogP) is 0.127. The van der Waals surface area contributed by atoms with Gasteiger partial charge in [0.1, 0.15) is 12.1 Å². The van der Waals surface area contributed by atoms with E-state index in [1.807, 2.05) is 0 Å². The average molecular weight is 244 g/mol. The third-order valence-corrected chi connectivity index (χ3v) is 2.21. The molecule has 0 saturated heterocycles. The van der Waals surface area contributed by atoms with Gasteiger partial charge < -0.3 is 15.7 Å². The van der Waals surface area contributed by atoms with Crippen LogP contribution in [0.15, 0.2) is 0 Å². The van der Waals surface area contributed by atoms with Gasteiger partial charge in [0.15, 0.2) is 0 Å². The summed E-state index contributed by atoms with van der Waals surface area (Å²) in [6.45, 7) is 7.94. The van der Waals surface area contributed by atoms with Gasteiger partial charge in [-0.05, 0) is 12.3 Å². The van der Waals surface area contributed by atoms with Crippen molar-refractivity contribution in [2.24, 2.45) is 5.41 Å². The molecule has 0 aliphatic carbocycles. The topological polar surface area (TPSA) is 95.5 Å². The van der Waals surface area contributed by atoms with Crippen LogP contribution in [0.1, 0.15) is 34.6 Å². The molecule has 3 N–H and O–H groups in total. The van der Waals surface area contributed by atoms with Crippen molar-refractivity contribution in [1.82, 2.24) is 10.6 Å². The number of hydrogen-bond donors (Lipinski definition) is 3. The normalized spacial score (nSPS) is 14.6. The van der Waals surface area contributed by atoms with Gasteiger partial charge in [0.25, 0.3) is 0 Å². The second-order valence-electron chi connectivity index (χ2n) is 5.07. The van der Waals surface area contributed by atoms with E-state index in [4.69, 9.17) is 5.11 Å². The zero-order valence-corrected chi connectivity index (χ0v) is 10.8. The first-order valence-electron chi connectivity index (χ1n) is 5.36. The lowest BCUT2D eigenvalue weighted by Gasteiger charge is -2.28. The van der Waals surface area contributed by atoms with Crippen LogP contribution in [0.3, 0.4) is 0 Å². The first kappa shape index (κ1) is 15.4. The third kappa shape index (κ3) is 5.33. The highest BCUT2D eigenvalue weighted by Crippen LogP contribution is 2.19. The van der Waals surface area contributed by atoms with E-state index < -0.39 is 29.4 Å². The van der Waals surface area contributed by atoms with Gasteiger partial charge in [-0.2, -0.15) is 0 Å². The molecule has 0 saturated carbocycles. The van der Waals surface area contributed by atoms with Crippen LogP contribution in [0.25, 0.3) is 0 Å². The van der Waals surface area contributed by atoms with Gasteiger partial charge in [0.05, 0.1) is 0 Å². The lowest BCUT2D eigenvalue weighted by molar-refractivity contribution is -0.145. The van der Waals surface area contributed by atoms with Crippen molar-refractivity contribution in [1.29, 1.82) is 0 Å². The SMILES string of the molecule is CC(=O)NC(C)C(=O)NC(C(=O)O)C(C)(C)C. The van der Waals surface area contributed by atoms with Crippen molar-refractivity contribution in [3.63, 3.8) is 0 Å². The molecule has 6 nitrogen and oxygen atoms in total. The first-order chi connectivity index (χ1) is 7.55. The standard InChI is InChI=1S/C11H20N2O4/c1-6(12-7(2)14)9(15)13-8(10(16)17)11(3,4)5/h6,8H,1-5H3,(H,12,14)(H,13,15)(H,16,17). The van der Waals surface area contributed by atoms with Crippen LogP contribution < -0.4 is 10.6 Å². The van der Waals surface area contributed by atoms with Crippen molar-refractivity contribution < 1.29 is 19.5 Å². The molecular formula is C11H20N2O4. The summed E-state index contributed by atoms with van der Waals surface area (Å²) in [7, 11) is 0. The molecule has 2 unspecified atom stereocenters. The zero-order chi connectivity index (χ0) is 13.8. The number of nitrogens with one attached hydrogen (secondary N) is 2. The molecule has 0 rings (SSSR count). The Hall–Kier alpha value is -1.59. The van der Waals surface area contributed by atoms with Gasteiger partial charge in [0.2, 0.25) is 11.8 Å². The monoisotopic (exact) mass is 244 g/mol. The van der Waals surface area contributed by atoms with E-state index in [0.717, 1.165) is 0 Å².